The Morgan fingerprint density at radius 2 is 2.00 bits per heavy atom. The van der Waals surface area contributed by atoms with Gasteiger partial charge in [0.05, 0.1) is 0 Å². The highest BCUT2D eigenvalue weighted by molar-refractivity contribution is 9.10. The van der Waals surface area contributed by atoms with Crippen molar-refractivity contribution < 1.29 is 0 Å². The zero-order valence-electron chi connectivity index (χ0n) is 11.4. The van der Waals surface area contributed by atoms with Crippen molar-refractivity contribution >= 4 is 21.6 Å². The minimum absolute atomic E-state index is 0.182. The molecule has 0 fully saturated rings. The van der Waals surface area contributed by atoms with E-state index < -0.39 is 0 Å². The third-order valence-electron chi connectivity index (χ3n) is 3.22. The second kappa shape index (κ2) is 6.05. The van der Waals surface area contributed by atoms with Crippen LogP contribution in [0.15, 0.2) is 53.0 Å². The summed E-state index contributed by atoms with van der Waals surface area (Å²) in [5.41, 5.74) is 3.15. The van der Waals surface area contributed by atoms with E-state index in [1.54, 1.807) is 0 Å². The number of aromatic amines is 1. The minimum atomic E-state index is 0.182. The number of aromatic nitrogens is 4. The molecule has 21 heavy (non-hydrogen) atoms. The molecule has 1 atom stereocenters. The largest absolute Gasteiger partial charge is 0.378 e. The van der Waals surface area contributed by atoms with E-state index in [2.05, 4.69) is 54.9 Å². The molecule has 3 rings (SSSR count). The van der Waals surface area contributed by atoms with Crippen LogP contribution >= 0.6 is 15.9 Å². The number of rotatable bonds is 4. The molecule has 0 saturated heterocycles. The zero-order chi connectivity index (χ0) is 14.7. The first-order chi connectivity index (χ1) is 10.2. The zero-order valence-corrected chi connectivity index (χ0v) is 13.0. The molecule has 1 aromatic heterocycles. The number of H-pyrrole nitrogens is 1. The summed E-state index contributed by atoms with van der Waals surface area (Å²) in [6, 6.07) is 16.3. The topological polar surface area (TPSA) is 66.5 Å². The van der Waals surface area contributed by atoms with E-state index in [-0.39, 0.29) is 6.04 Å². The average Bonchev–Trinajstić information content (AvgIpc) is 3.02. The molecule has 0 aliphatic rings. The molecule has 0 aliphatic heterocycles. The fourth-order valence-electron chi connectivity index (χ4n) is 2.19. The van der Waals surface area contributed by atoms with Crippen molar-refractivity contribution in [1.29, 1.82) is 0 Å². The summed E-state index contributed by atoms with van der Waals surface area (Å²) in [7, 11) is 0. The van der Waals surface area contributed by atoms with Crippen LogP contribution in [0.2, 0.25) is 0 Å². The number of tetrazole rings is 1. The van der Waals surface area contributed by atoms with E-state index in [0.717, 1.165) is 15.7 Å². The van der Waals surface area contributed by atoms with Crippen LogP contribution in [0.3, 0.4) is 0 Å². The van der Waals surface area contributed by atoms with Gasteiger partial charge in [-0.05, 0) is 35.9 Å². The lowest BCUT2D eigenvalue weighted by Gasteiger charge is -2.17. The molecule has 0 amide bonds. The molecule has 0 saturated carbocycles. The van der Waals surface area contributed by atoms with Crippen molar-refractivity contribution in [2.45, 2.75) is 13.0 Å². The van der Waals surface area contributed by atoms with Crippen LogP contribution in [0.5, 0.6) is 0 Å². The van der Waals surface area contributed by atoms with Crippen LogP contribution in [0.25, 0.3) is 11.4 Å². The van der Waals surface area contributed by atoms with Crippen LogP contribution < -0.4 is 5.32 Å². The van der Waals surface area contributed by atoms with Crippen LogP contribution in [-0.2, 0) is 0 Å². The maximum atomic E-state index is 4.00. The highest BCUT2D eigenvalue weighted by atomic mass is 79.9. The molecule has 3 aromatic rings. The molecule has 106 valence electrons. The van der Waals surface area contributed by atoms with E-state index in [1.807, 2.05) is 42.5 Å². The molecule has 2 N–H and O–H groups in total. The second-order valence-corrected chi connectivity index (χ2v) is 5.56. The Hall–Kier alpha value is -2.21. The van der Waals surface area contributed by atoms with Gasteiger partial charge in [-0.25, -0.2) is 0 Å². The average molecular weight is 344 g/mol. The third-order valence-corrected chi connectivity index (χ3v) is 3.94. The predicted octanol–water partition coefficient (Wildman–Crippen LogP) is 3.80. The first-order valence-electron chi connectivity index (χ1n) is 6.59. The maximum Gasteiger partial charge on any atom is 0.204 e. The quantitative estimate of drug-likeness (QED) is 0.755. The molecule has 1 heterocycles. The lowest BCUT2D eigenvalue weighted by Crippen LogP contribution is -2.07. The Labute approximate surface area is 130 Å². The molecule has 6 heteroatoms. The second-order valence-electron chi connectivity index (χ2n) is 4.70. The monoisotopic (exact) mass is 343 g/mol. The summed E-state index contributed by atoms with van der Waals surface area (Å²) in [5, 5.41) is 17.5. The Kier molecular flexibility index (Phi) is 3.96. The van der Waals surface area contributed by atoms with Gasteiger partial charge in [0.1, 0.15) is 0 Å². The number of hydrogen-bond acceptors (Lipinski definition) is 4. The predicted molar refractivity (Wildman–Crippen MR) is 85.8 cm³/mol. The third kappa shape index (κ3) is 3.11. The van der Waals surface area contributed by atoms with E-state index >= 15 is 0 Å². The molecule has 0 spiro atoms. The van der Waals surface area contributed by atoms with Crippen LogP contribution in [0, 0.1) is 0 Å². The van der Waals surface area contributed by atoms with E-state index in [9.17, 15) is 0 Å². The molecular formula is C15H14BrN5. The van der Waals surface area contributed by atoms with Gasteiger partial charge in [0.15, 0.2) is 0 Å². The molecular weight excluding hydrogens is 330 g/mol. The van der Waals surface area contributed by atoms with Crippen molar-refractivity contribution in [3.05, 3.63) is 58.6 Å². The van der Waals surface area contributed by atoms with Gasteiger partial charge < -0.3 is 5.32 Å². The van der Waals surface area contributed by atoms with Gasteiger partial charge in [-0.1, -0.05) is 46.3 Å². The number of hydrogen-bond donors (Lipinski definition) is 2. The van der Waals surface area contributed by atoms with Crippen LogP contribution in [-0.4, -0.2) is 20.6 Å². The van der Waals surface area contributed by atoms with Crippen LogP contribution in [0.4, 0.5) is 5.69 Å². The van der Waals surface area contributed by atoms with Crippen LogP contribution in [0.1, 0.15) is 18.5 Å². The normalized spacial score (nSPS) is 12.1. The summed E-state index contributed by atoms with van der Waals surface area (Å²) in [6.07, 6.45) is 0. The summed E-state index contributed by atoms with van der Waals surface area (Å²) in [6.45, 7) is 2.13. The summed E-state index contributed by atoms with van der Waals surface area (Å²) < 4.78 is 1.10. The van der Waals surface area contributed by atoms with Crippen molar-refractivity contribution in [1.82, 2.24) is 20.6 Å². The Bertz CT molecular complexity index is 726. The Morgan fingerprint density at radius 1 is 1.14 bits per heavy atom. The number of nitrogens with one attached hydrogen (secondary N) is 2. The standard InChI is InChI=1S/C15H14BrN5/c1-10(13-7-2-3-8-14(13)16)17-12-6-4-5-11(9-12)15-18-20-21-19-15/h2-10,17H,1H3,(H,18,19,20,21). The van der Waals surface area contributed by atoms with Crippen molar-refractivity contribution in [3.8, 4) is 11.4 Å². The van der Waals surface area contributed by atoms with Gasteiger partial charge in [-0.15, -0.1) is 10.2 Å². The first kappa shape index (κ1) is 13.8. The highest BCUT2D eigenvalue weighted by Gasteiger charge is 2.09. The number of halogens is 1. The first-order valence-corrected chi connectivity index (χ1v) is 7.38. The van der Waals surface area contributed by atoms with Gasteiger partial charge in [0.2, 0.25) is 5.82 Å². The number of anilines is 1. The lowest BCUT2D eigenvalue weighted by molar-refractivity contribution is 0.879. The van der Waals surface area contributed by atoms with Crippen molar-refractivity contribution in [3.63, 3.8) is 0 Å². The van der Waals surface area contributed by atoms with Crippen molar-refractivity contribution in [2.75, 3.05) is 5.32 Å². The highest BCUT2D eigenvalue weighted by Crippen LogP contribution is 2.27. The molecule has 0 radical (unpaired) electrons. The molecule has 0 bridgehead atoms. The lowest BCUT2D eigenvalue weighted by atomic mass is 10.1. The van der Waals surface area contributed by atoms with Gasteiger partial charge in [-0.2, -0.15) is 5.21 Å². The smallest absolute Gasteiger partial charge is 0.204 e. The summed E-state index contributed by atoms with van der Waals surface area (Å²) >= 11 is 3.58. The Balaban J connectivity index is 1.82. The minimum Gasteiger partial charge on any atom is -0.378 e. The number of nitrogens with zero attached hydrogens (tertiary/aromatic N) is 3. The summed E-state index contributed by atoms with van der Waals surface area (Å²) in [4.78, 5) is 0. The van der Waals surface area contributed by atoms with Gasteiger partial charge in [-0.3, -0.25) is 0 Å². The number of benzene rings is 2. The molecule has 0 aliphatic carbocycles. The SMILES string of the molecule is CC(Nc1cccc(-c2nn[nH]n2)c1)c1ccccc1Br. The van der Waals surface area contributed by atoms with Crippen molar-refractivity contribution in [2.24, 2.45) is 0 Å². The van der Waals surface area contributed by atoms with E-state index in [1.165, 1.54) is 5.56 Å². The Morgan fingerprint density at radius 3 is 2.76 bits per heavy atom. The van der Waals surface area contributed by atoms with E-state index in [0.29, 0.717) is 5.82 Å². The van der Waals surface area contributed by atoms with Gasteiger partial charge in [0.25, 0.3) is 0 Å². The van der Waals surface area contributed by atoms with E-state index in [4.69, 9.17) is 0 Å². The molecule has 5 nitrogen and oxygen atoms in total. The van der Waals surface area contributed by atoms with Gasteiger partial charge in [0, 0.05) is 21.8 Å². The molecule has 2 aromatic carbocycles. The van der Waals surface area contributed by atoms with Gasteiger partial charge >= 0.3 is 0 Å². The maximum absolute atomic E-state index is 4.00. The fourth-order valence-corrected chi connectivity index (χ4v) is 2.81. The molecule has 1 unspecified atom stereocenters. The fraction of sp³-hybridized carbons (Fsp3) is 0.133. The summed E-state index contributed by atoms with van der Waals surface area (Å²) in [5.74, 6) is 0.590.